The van der Waals surface area contributed by atoms with E-state index in [1.54, 1.807) is 24.3 Å². The van der Waals surface area contributed by atoms with E-state index >= 15 is 0 Å². The fourth-order valence-electron chi connectivity index (χ4n) is 3.34. The number of hydrogen-bond donors (Lipinski definition) is 1. The van der Waals surface area contributed by atoms with E-state index in [4.69, 9.17) is 34.8 Å². The molecule has 2 aromatic carbocycles. The fourth-order valence-corrected chi connectivity index (χ4v) is 3.77. The number of halogens is 4. The molecule has 2 atom stereocenters. The second-order valence-corrected chi connectivity index (χ2v) is 7.51. The molecule has 3 rings (SSSR count). The van der Waals surface area contributed by atoms with Crippen LogP contribution in [0, 0.1) is 0 Å². The maximum atomic E-state index is 12.9. The van der Waals surface area contributed by atoms with Crippen LogP contribution in [0.2, 0.25) is 15.1 Å². The monoisotopic (exact) mass is 432 g/mol. The fraction of sp³-hybridized carbons (Fsp3) is 0.316. The lowest BCUT2D eigenvalue weighted by Gasteiger charge is -2.39. The molecular weight excluding hydrogens is 414 g/mol. The molecule has 0 aromatic heterocycles. The highest BCUT2D eigenvalue weighted by Crippen LogP contribution is 2.32. The molecule has 7 heteroatoms. The quantitative estimate of drug-likeness (QED) is 0.713. The average molecular weight is 434 g/mol. The van der Waals surface area contributed by atoms with E-state index in [0.717, 1.165) is 25.1 Å². The molecular formula is C19H20Cl4N2O. The Bertz CT molecular complexity index is 767. The molecule has 0 unspecified atom stereocenters. The van der Waals surface area contributed by atoms with Gasteiger partial charge in [0.25, 0.3) is 5.91 Å². The van der Waals surface area contributed by atoms with Gasteiger partial charge in [0.2, 0.25) is 0 Å². The molecule has 140 valence electrons. The van der Waals surface area contributed by atoms with E-state index < -0.39 is 0 Å². The van der Waals surface area contributed by atoms with Crippen LogP contribution in [0.5, 0.6) is 0 Å². The third-order valence-corrected chi connectivity index (χ3v) is 5.72. The summed E-state index contributed by atoms with van der Waals surface area (Å²) in [7, 11) is 1.86. The van der Waals surface area contributed by atoms with Gasteiger partial charge in [-0.3, -0.25) is 4.79 Å². The number of carbonyl (C=O) groups is 1. The minimum absolute atomic E-state index is 0. The molecule has 1 fully saturated rings. The Balaban J connectivity index is 0.00000243. The van der Waals surface area contributed by atoms with E-state index in [9.17, 15) is 4.79 Å². The van der Waals surface area contributed by atoms with Crippen molar-refractivity contribution < 1.29 is 4.79 Å². The summed E-state index contributed by atoms with van der Waals surface area (Å²) < 4.78 is 0. The van der Waals surface area contributed by atoms with Crippen molar-refractivity contribution in [2.75, 3.05) is 20.1 Å². The number of benzene rings is 2. The molecule has 1 aliphatic rings. The minimum atomic E-state index is -0.00590. The van der Waals surface area contributed by atoms with Gasteiger partial charge in [-0.25, -0.2) is 0 Å². The highest BCUT2D eigenvalue weighted by molar-refractivity contribution is 6.42. The minimum Gasteiger partial charge on any atom is -0.338 e. The van der Waals surface area contributed by atoms with Crippen LogP contribution in [0.3, 0.4) is 0 Å². The molecule has 1 heterocycles. The van der Waals surface area contributed by atoms with Gasteiger partial charge >= 0.3 is 0 Å². The van der Waals surface area contributed by atoms with Crippen LogP contribution in [0.25, 0.3) is 0 Å². The summed E-state index contributed by atoms with van der Waals surface area (Å²) in [6.07, 6.45) is 0.876. The number of likely N-dealkylation sites (N-methyl/N-ethyl adjacent to an activating group) is 1. The summed E-state index contributed by atoms with van der Waals surface area (Å²) >= 11 is 18.1. The van der Waals surface area contributed by atoms with Gasteiger partial charge in [-0.1, -0.05) is 40.9 Å². The molecule has 0 spiro atoms. The first-order chi connectivity index (χ1) is 12.0. The first-order valence-electron chi connectivity index (χ1n) is 8.16. The summed E-state index contributed by atoms with van der Waals surface area (Å²) in [5.41, 5.74) is 1.72. The van der Waals surface area contributed by atoms with Gasteiger partial charge < -0.3 is 10.2 Å². The van der Waals surface area contributed by atoms with Crippen molar-refractivity contribution >= 4 is 53.1 Å². The first kappa shape index (κ1) is 21.3. The Hall–Kier alpha value is -0.970. The molecule has 1 N–H and O–H groups in total. The number of piperidine rings is 1. The number of hydrogen-bond acceptors (Lipinski definition) is 2. The van der Waals surface area contributed by atoms with Crippen molar-refractivity contribution in [1.82, 2.24) is 10.2 Å². The molecule has 1 saturated heterocycles. The van der Waals surface area contributed by atoms with Gasteiger partial charge in [0.15, 0.2) is 0 Å². The lowest BCUT2D eigenvalue weighted by Crippen LogP contribution is -2.49. The van der Waals surface area contributed by atoms with Gasteiger partial charge in [-0.2, -0.15) is 0 Å². The normalized spacial score (nSPS) is 19.5. The highest BCUT2D eigenvalue weighted by Gasteiger charge is 2.32. The van der Waals surface area contributed by atoms with Crippen LogP contribution < -0.4 is 5.32 Å². The highest BCUT2D eigenvalue weighted by atomic mass is 35.5. The van der Waals surface area contributed by atoms with E-state index in [1.165, 1.54) is 0 Å². The Morgan fingerprint density at radius 3 is 2.42 bits per heavy atom. The number of rotatable bonds is 3. The molecule has 0 bridgehead atoms. The van der Waals surface area contributed by atoms with Gasteiger partial charge in [0.1, 0.15) is 0 Å². The van der Waals surface area contributed by atoms with Crippen LogP contribution >= 0.6 is 47.2 Å². The van der Waals surface area contributed by atoms with Gasteiger partial charge in [-0.05, 0) is 54.9 Å². The molecule has 1 amide bonds. The van der Waals surface area contributed by atoms with Gasteiger partial charge in [-0.15, -0.1) is 12.4 Å². The molecule has 26 heavy (non-hydrogen) atoms. The van der Waals surface area contributed by atoms with E-state index in [0.29, 0.717) is 20.6 Å². The van der Waals surface area contributed by atoms with Crippen molar-refractivity contribution in [1.29, 1.82) is 0 Å². The van der Waals surface area contributed by atoms with E-state index in [1.807, 2.05) is 30.1 Å². The third-order valence-electron chi connectivity index (χ3n) is 4.73. The van der Waals surface area contributed by atoms with Crippen LogP contribution in [-0.4, -0.2) is 37.0 Å². The predicted molar refractivity (Wildman–Crippen MR) is 111 cm³/mol. The molecule has 0 saturated carbocycles. The lowest BCUT2D eigenvalue weighted by atomic mass is 9.85. The lowest BCUT2D eigenvalue weighted by molar-refractivity contribution is 0.0679. The molecule has 0 aliphatic carbocycles. The summed E-state index contributed by atoms with van der Waals surface area (Å²) in [6, 6.07) is 12.8. The number of carbonyl (C=O) groups excluding carboxylic acids is 1. The summed E-state index contributed by atoms with van der Waals surface area (Å²) in [4.78, 5) is 14.7. The Morgan fingerprint density at radius 2 is 1.77 bits per heavy atom. The van der Waals surface area contributed by atoms with Gasteiger partial charge in [0, 0.05) is 36.1 Å². The Labute approximate surface area is 175 Å². The topological polar surface area (TPSA) is 32.3 Å². The Morgan fingerprint density at radius 1 is 1.08 bits per heavy atom. The molecule has 3 nitrogen and oxygen atoms in total. The average Bonchev–Trinajstić information content (AvgIpc) is 2.63. The largest absolute Gasteiger partial charge is 0.338 e. The van der Waals surface area contributed by atoms with Crippen molar-refractivity contribution in [3.05, 3.63) is 68.7 Å². The first-order valence-corrected chi connectivity index (χ1v) is 9.29. The maximum absolute atomic E-state index is 12.9. The third kappa shape index (κ3) is 4.65. The van der Waals surface area contributed by atoms with Crippen molar-refractivity contribution in [3.63, 3.8) is 0 Å². The van der Waals surface area contributed by atoms with Crippen molar-refractivity contribution in [2.24, 2.45) is 0 Å². The van der Waals surface area contributed by atoms with Crippen molar-refractivity contribution in [2.45, 2.75) is 18.4 Å². The standard InChI is InChI=1S/C19H19Cl3N2O.ClH/c1-24(19(25)12-2-5-14(20)6-3-12)18-8-9-23-11-15(18)13-4-7-16(21)17(22)10-13;/h2-7,10,15,18,23H,8-9,11H2,1H3;1H/t15-,18+;/m0./s1. The number of nitrogens with zero attached hydrogens (tertiary/aromatic N) is 1. The van der Waals surface area contributed by atoms with Crippen molar-refractivity contribution in [3.8, 4) is 0 Å². The van der Waals surface area contributed by atoms with Crippen LogP contribution in [0.1, 0.15) is 28.3 Å². The maximum Gasteiger partial charge on any atom is 0.253 e. The Kier molecular flexibility index (Phi) is 7.63. The summed E-state index contributed by atoms with van der Waals surface area (Å²) in [5, 5.41) is 5.10. The molecule has 0 radical (unpaired) electrons. The van der Waals surface area contributed by atoms with Crippen LogP contribution in [-0.2, 0) is 0 Å². The zero-order chi connectivity index (χ0) is 18.0. The number of nitrogens with one attached hydrogen (secondary N) is 1. The zero-order valence-corrected chi connectivity index (χ0v) is 17.3. The molecule has 1 aliphatic heterocycles. The van der Waals surface area contributed by atoms with E-state index in [-0.39, 0.29) is 30.3 Å². The SMILES string of the molecule is CN(C(=O)c1ccc(Cl)cc1)[C@@H]1CCNC[C@H]1c1ccc(Cl)c(Cl)c1.Cl. The van der Waals surface area contributed by atoms with E-state index in [2.05, 4.69) is 5.32 Å². The second-order valence-electron chi connectivity index (χ2n) is 6.26. The summed E-state index contributed by atoms with van der Waals surface area (Å²) in [5.74, 6) is 0.151. The smallest absolute Gasteiger partial charge is 0.253 e. The van der Waals surface area contributed by atoms with Gasteiger partial charge in [0.05, 0.1) is 10.0 Å². The summed E-state index contributed by atoms with van der Waals surface area (Å²) in [6.45, 7) is 1.67. The van der Waals surface area contributed by atoms with Crippen LogP contribution in [0.4, 0.5) is 0 Å². The zero-order valence-electron chi connectivity index (χ0n) is 14.2. The second kappa shape index (κ2) is 9.29. The van der Waals surface area contributed by atoms with Crippen LogP contribution in [0.15, 0.2) is 42.5 Å². The number of amides is 1. The predicted octanol–water partition coefficient (Wildman–Crippen LogP) is 5.29. The molecule has 2 aromatic rings.